The van der Waals surface area contributed by atoms with Gasteiger partial charge in [-0.2, -0.15) is 0 Å². The van der Waals surface area contributed by atoms with E-state index in [0.717, 1.165) is 24.8 Å². The second kappa shape index (κ2) is 8.93. The van der Waals surface area contributed by atoms with Gasteiger partial charge >= 0.3 is 0 Å². The van der Waals surface area contributed by atoms with Crippen LogP contribution in [0.2, 0.25) is 5.02 Å². The Bertz CT molecular complexity index is 1140. The zero-order valence-electron chi connectivity index (χ0n) is 16.1. The largest absolute Gasteiger partial charge is 0.352 e. The van der Waals surface area contributed by atoms with Gasteiger partial charge in [-0.25, -0.2) is 17.7 Å². The van der Waals surface area contributed by atoms with Gasteiger partial charge in [0, 0.05) is 30.9 Å². The molecule has 3 rings (SSSR count). The molecule has 3 aromatic rings. The lowest BCUT2D eigenvalue weighted by Crippen LogP contribution is -2.27. The lowest BCUT2D eigenvalue weighted by Gasteiger charge is -2.13. The van der Waals surface area contributed by atoms with Crippen molar-refractivity contribution in [2.24, 2.45) is 0 Å². The van der Waals surface area contributed by atoms with Gasteiger partial charge in [0.05, 0.1) is 31.1 Å². The van der Waals surface area contributed by atoms with E-state index in [1.165, 1.54) is 32.3 Å². The smallest absolute Gasteiger partial charge is 0.252 e. The number of hydrogen-bond acceptors (Lipinski definition) is 6. The SMILES string of the molecule is Cc1nc(-c2ccc(CCNC(=O)c3cc(S(=O)(=O)N(C)C)ccc3Cl)s2)cs1. The normalized spacial score (nSPS) is 11.8. The van der Waals surface area contributed by atoms with Crippen LogP contribution >= 0.6 is 34.3 Å². The molecule has 2 aromatic heterocycles. The molecular formula is C19H20ClN3O3S3. The Hall–Kier alpha value is -1.78. The highest BCUT2D eigenvalue weighted by molar-refractivity contribution is 7.89. The quantitative estimate of drug-likeness (QED) is 0.566. The summed E-state index contributed by atoms with van der Waals surface area (Å²) >= 11 is 9.37. The topological polar surface area (TPSA) is 79.4 Å². The van der Waals surface area contributed by atoms with Crippen molar-refractivity contribution in [2.75, 3.05) is 20.6 Å². The summed E-state index contributed by atoms with van der Waals surface area (Å²) in [5.41, 5.74) is 1.11. The first-order valence-electron chi connectivity index (χ1n) is 8.70. The van der Waals surface area contributed by atoms with Gasteiger partial charge in [0.15, 0.2) is 0 Å². The van der Waals surface area contributed by atoms with Crippen LogP contribution in [0.1, 0.15) is 20.2 Å². The summed E-state index contributed by atoms with van der Waals surface area (Å²) in [6.45, 7) is 2.39. The molecule has 1 N–H and O–H groups in total. The molecule has 2 heterocycles. The van der Waals surface area contributed by atoms with E-state index >= 15 is 0 Å². The van der Waals surface area contributed by atoms with Gasteiger partial charge in [0.1, 0.15) is 0 Å². The van der Waals surface area contributed by atoms with Gasteiger partial charge in [-0.05, 0) is 43.7 Å². The van der Waals surface area contributed by atoms with E-state index in [2.05, 4.69) is 10.3 Å². The summed E-state index contributed by atoms with van der Waals surface area (Å²) in [7, 11) is -0.771. The van der Waals surface area contributed by atoms with E-state index in [1.807, 2.05) is 24.4 Å². The number of nitrogens with zero attached hydrogens (tertiary/aromatic N) is 2. The minimum Gasteiger partial charge on any atom is -0.352 e. The Balaban J connectivity index is 1.65. The van der Waals surface area contributed by atoms with E-state index in [0.29, 0.717) is 13.0 Å². The van der Waals surface area contributed by atoms with Gasteiger partial charge in [-0.15, -0.1) is 22.7 Å². The van der Waals surface area contributed by atoms with E-state index in [4.69, 9.17) is 11.6 Å². The Morgan fingerprint density at radius 1 is 1.24 bits per heavy atom. The van der Waals surface area contributed by atoms with E-state index in [1.54, 1.807) is 22.7 Å². The van der Waals surface area contributed by atoms with Crippen molar-refractivity contribution >= 4 is 50.2 Å². The average Bonchev–Trinajstić information content (AvgIpc) is 3.30. The second-order valence-electron chi connectivity index (χ2n) is 6.45. The molecule has 0 unspecified atom stereocenters. The standard InChI is InChI=1S/C19H20ClN3O3S3/c1-12-22-17(11-27-12)18-7-4-13(28-18)8-9-21-19(24)15-10-14(5-6-16(15)20)29(25,26)23(2)3/h4-7,10-11H,8-9H2,1-3H3,(H,21,24). The van der Waals surface area contributed by atoms with Crippen molar-refractivity contribution in [1.29, 1.82) is 0 Å². The zero-order chi connectivity index (χ0) is 21.2. The number of amides is 1. The van der Waals surface area contributed by atoms with Crippen molar-refractivity contribution in [3.8, 4) is 10.6 Å². The van der Waals surface area contributed by atoms with Gasteiger partial charge in [-0.1, -0.05) is 11.6 Å². The number of benzene rings is 1. The number of carbonyl (C=O) groups is 1. The van der Waals surface area contributed by atoms with Crippen LogP contribution in [0.4, 0.5) is 0 Å². The predicted molar refractivity (Wildman–Crippen MR) is 119 cm³/mol. The Kier molecular flexibility index (Phi) is 6.75. The van der Waals surface area contributed by atoms with Gasteiger partial charge in [0.25, 0.3) is 5.91 Å². The van der Waals surface area contributed by atoms with Crippen LogP contribution in [-0.2, 0) is 16.4 Å². The number of aryl methyl sites for hydroxylation is 1. The molecule has 0 bridgehead atoms. The third-order valence-corrected chi connectivity index (χ3v) is 8.23. The fraction of sp³-hybridized carbons (Fsp3) is 0.263. The molecule has 0 atom stereocenters. The number of nitrogens with one attached hydrogen (secondary N) is 1. The number of rotatable bonds is 7. The van der Waals surface area contributed by atoms with E-state index < -0.39 is 15.9 Å². The lowest BCUT2D eigenvalue weighted by atomic mass is 10.2. The third-order valence-electron chi connectivity index (χ3n) is 4.15. The first-order chi connectivity index (χ1) is 13.7. The maximum atomic E-state index is 12.5. The molecule has 0 saturated carbocycles. The number of hydrogen-bond donors (Lipinski definition) is 1. The highest BCUT2D eigenvalue weighted by Crippen LogP contribution is 2.29. The van der Waals surface area contributed by atoms with Crippen LogP contribution in [0, 0.1) is 6.92 Å². The predicted octanol–water partition coefficient (Wildman–Crippen LogP) is 4.06. The van der Waals surface area contributed by atoms with Crippen LogP contribution < -0.4 is 5.32 Å². The molecule has 1 aromatic carbocycles. The number of thiophene rings is 1. The molecule has 0 spiro atoms. The van der Waals surface area contributed by atoms with E-state index in [-0.39, 0.29) is 15.5 Å². The lowest BCUT2D eigenvalue weighted by molar-refractivity contribution is 0.0954. The van der Waals surface area contributed by atoms with Crippen LogP contribution in [0.25, 0.3) is 10.6 Å². The van der Waals surface area contributed by atoms with E-state index in [9.17, 15) is 13.2 Å². The van der Waals surface area contributed by atoms with Gasteiger partial charge in [-0.3, -0.25) is 4.79 Å². The van der Waals surface area contributed by atoms with Crippen LogP contribution in [-0.4, -0.2) is 44.3 Å². The summed E-state index contributed by atoms with van der Waals surface area (Å²) < 4.78 is 25.7. The first-order valence-corrected chi connectivity index (χ1v) is 12.2. The second-order valence-corrected chi connectivity index (χ2v) is 11.2. The summed E-state index contributed by atoms with van der Waals surface area (Å²) in [6, 6.07) is 8.18. The van der Waals surface area contributed by atoms with Crippen LogP contribution in [0.15, 0.2) is 40.6 Å². The summed E-state index contributed by atoms with van der Waals surface area (Å²) in [5, 5.41) is 6.07. The van der Waals surface area contributed by atoms with Gasteiger partial charge < -0.3 is 5.32 Å². The Morgan fingerprint density at radius 3 is 2.66 bits per heavy atom. The average molecular weight is 470 g/mol. The number of sulfonamides is 1. The Labute approximate surface area is 183 Å². The Morgan fingerprint density at radius 2 is 2.00 bits per heavy atom. The first kappa shape index (κ1) is 21.9. The number of carbonyl (C=O) groups excluding carboxylic acids is 1. The molecule has 6 nitrogen and oxygen atoms in total. The molecule has 10 heteroatoms. The molecule has 0 saturated heterocycles. The van der Waals surface area contributed by atoms with Crippen molar-refractivity contribution in [3.63, 3.8) is 0 Å². The highest BCUT2D eigenvalue weighted by atomic mass is 35.5. The molecule has 1 amide bonds. The molecule has 0 aliphatic carbocycles. The van der Waals surface area contributed by atoms with Crippen molar-refractivity contribution in [1.82, 2.24) is 14.6 Å². The van der Waals surface area contributed by atoms with Crippen LogP contribution in [0.3, 0.4) is 0 Å². The summed E-state index contributed by atoms with van der Waals surface area (Å²) in [5.74, 6) is -0.405. The molecular weight excluding hydrogens is 450 g/mol. The maximum Gasteiger partial charge on any atom is 0.252 e. The molecule has 0 aliphatic heterocycles. The fourth-order valence-electron chi connectivity index (χ4n) is 2.57. The number of thiazole rings is 1. The molecule has 0 aliphatic rings. The van der Waals surface area contributed by atoms with Crippen LogP contribution in [0.5, 0.6) is 0 Å². The van der Waals surface area contributed by atoms with Crippen molar-refractivity contribution in [3.05, 3.63) is 56.2 Å². The maximum absolute atomic E-state index is 12.5. The number of aromatic nitrogens is 1. The van der Waals surface area contributed by atoms with Crippen molar-refractivity contribution in [2.45, 2.75) is 18.2 Å². The van der Waals surface area contributed by atoms with Gasteiger partial charge in [0.2, 0.25) is 10.0 Å². The molecule has 0 fully saturated rings. The van der Waals surface area contributed by atoms with Crippen molar-refractivity contribution < 1.29 is 13.2 Å². The molecule has 29 heavy (non-hydrogen) atoms. The highest BCUT2D eigenvalue weighted by Gasteiger charge is 2.20. The number of halogens is 1. The molecule has 0 radical (unpaired) electrons. The molecule has 154 valence electrons. The minimum absolute atomic E-state index is 0.0264. The monoisotopic (exact) mass is 469 g/mol. The zero-order valence-corrected chi connectivity index (χ0v) is 19.3. The third kappa shape index (κ3) is 5.04. The summed E-state index contributed by atoms with van der Waals surface area (Å²) in [4.78, 5) is 19.3. The minimum atomic E-state index is -3.64. The fourth-order valence-corrected chi connectivity index (χ4v) is 5.36. The summed E-state index contributed by atoms with van der Waals surface area (Å²) in [6.07, 6.45) is 0.660.